The predicted octanol–water partition coefficient (Wildman–Crippen LogP) is 4.73. The van der Waals surface area contributed by atoms with Crippen LogP contribution in [0.1, 0.15) is 35.7 Å². The first-order valence-electron chi connectivity index (χ1n) is 10.2. The molecule has 7 nitrogen and oxygen atoms in total. The van der Waals surface area contributed by atoms with Gasteiger partial charge in [-0.1, -0.05) is 18.2 Å². The van der Waals surface area contributed by atoms with Crippen LogP contribution in [0.25, 0.3) is 5.82 Å². The lowest BCUT2D eigenvalue weighted by Crippen LogP contribution is -2.16. The standard InChI is InChI=1S/C24H22FN3O4/c1-16(17-5-3-2-4-6-17)32-21-14-20(25)8-7-19(21)15-31-23-10-12-27-28(23)22-13-18(24(29)30)9-11-26-22/h3,5-14,16H,2,4,15H2,1H3,(H,29,30). The lowest BCUT2D eigenvalue weighted by atomic mass is 10.0. The smallest absolute Gasteiger partial charge is 0.335 e. The number of allylic oxidation sites excluding steroid dienone is 2. The number of benzene rings is 1. The van der Waals surface area contributed by atoms with Crippen molar-refractivity contribution in [1.82, 2.24) is 14.8 Å². The van der Waals surface area contributed by atoms with Crippen molar-refractivity contribution in [2.24, 2.45) is 0 Å². The molecule has 4 rings (SSSR count). The summed E-state index contributed by atoms with van der Waals surface area (Å²) in [5, 5.41) is 13.4. The second-order valence-electron chi connectivity index (χ2n) is 7.27. The maximum absolute atomic E-state index is 13.9. The van der Waals surface area contributed by atoms with Crippen molar-refractivity contribution in [2.75, 3.05) is 0 Å². The van der Waals surface area contributed by atoms with Crippen LogP contribution in [0.5, 0.6) is 11.6 Å². The lowest BCUT2D eigenvalue weighted by molar-refractivity contribution is 0.0696. The molecule has 1 N–H and O–H groups in total. The highest BCUT2D eigenvalue weighted by atomic mass is 19.1. The average Bonchev–Trinajstić information content (AvgIpc) is 3.28. The number of aromatic carboxylic acids is 1. The Balaban J connectivity index is 1.52. The van der Waals surface area contributed by atoms with Crippen LogP contribution in [0.15, 0.2) is 72.6 Å². The van der Waals surface area contributed by atoms with Crippen LogP contribution in [-0.4, -0.2) is 31.9 Å². The van der Waals surface area contributed by atoms with Gasteiger partial charge in [-0.3, -0.25) is 0 Å². The first kappa shape index (κ1) is 21.3. The molecule has 0 aliphatic heterocycles. The number of carboxylic acid groups (broad SMARTS) is 1. The Bertz CT molecular complexity index is 1190. The molecule has 0 radical (unpaired) electrons. The zero-order valence-corrected chi connectivity index (χ0v) is 17.4. The van der Waals surface area contributed by atoms with Crippen molar-refractivity contribution in [3.05, 3.63) is 89.5 Å². The molecule has 2 aromatic heterocycles. The van der Waals surface area contributed by atoms with Gasteiger partial charge in [0, 0.05) is 23.9 Å². The molecule has 164 valence electrons. The molecular formula is C24H22FN3O4. The molecule has 1 aliphatic rings. The second kappa shape index (κ2) is 9.47. The molecule has 0 spiro atoms. The molecule has 2 heterocycles. The first-order valence-corrected chi connectivity index (χ1v) is 10.2. The highest BCUT2D eigenvalue weighted by Gasteiger charge is 2.16. The van der Waals surface area contributed by atoms with Crippen LogP contribution in [0.3, 0.4) is 0 Å². The molecule has 1 atom stereocenters. The molecule has 1 aliphatic carbocycles. The Labute approximate surface area is 184 Å². The predicted molar refractivity (Wildman–Crippen MR) is 116 cm³/mol. The van der Waals surface area contributed by atoms with Gasteiger partial charge in [-0.05, 0) is 49.6 Å². The minimum atomic E-state index is -1.06. The van der Waals surface area contributed by atoms with Gasteiger partial charge < -0.3 is 14.6 Å². The fraction of sp³-hybridized carbons (Fsp3) is 0.208. The van der Waals surface area contributed by atoms with Gasteiger partial charge in [0.2, 0.25) is 5.88 Å². The normalized spacial score (nSPS) is 14.0. The molecule has 0 saturated carbocycles. The van der Waals surface area contributed by atoms with E-state index in [1.165, 1.54) is 41.3 Å². The van der Waals surface area contributed by atoms with E-state index in [1.807, 2.05) is 13.0 Å². The van der Waals surface area contributed by atoms with Gasteiger partial charge >= 0.3 is 5.97 Å². The van der Waals surface area contributed by atoms with Crippen LogP contribution < -0.4 is 9.47 Å². The summed E-state index contributed by atoms with van der Waals surface area (Å²) in [4.78, 5) is 15.4. The van der Waals surface area contributed by atoms with Crippen LogP contribution in [0.2, 0.25) is 0 Å². The fourth-order valence-corrected chi connectivity index (χ4v) is 3.34. The van der Waals surface area contributed by atoms with E-state index < -0.39 is 11.8 Å². The van der Waals surface area contributed by atoms with Gasteiger partial charge in [0.1, 0.15) is 24.3 Å². The van der Waals surface area contributed by atoms with E-state index in [-0.39, 0.29) is 18.3 Å². The SMILES string of the molecule is CC(Oc1cc(F)ccc1COc1ccnn1-c1cc(C(=O)O)ccn1)C1=CCCC=C1. The molecule has 0 fully saturated rings. The summed E-state index contributed by atoms with van der Waals surface area (Å²) in [6, 6.07) is 8.76. The number of halogens is 1. The van der Waals surface area contributed by atoms with Crippen molar-refractivity contribution in [3.8, 4) is 17.4 Å². The average molecular weight is 435 g/mol. The summed E-state index contributed by atoms with van der Waals surface area (Å²) in [6.07, 6.45) is 10.9. The van der Waals surface area contributed by atoms with Gasteiger partial charge in [0.15, 0.2) is 5.82 Å². The molecule has 1 unspecified atom stereocenters. The Morgan fingerprint density at radius 2 is 2.09 bits per heavy atom. The lowest BCUT2D eigenvalue weighted by Gasteiger charge is -2.20. The van der Waals surface area contributed by atoms with Gasteiger partial charge in [-0.15, -0.1) is 0 Å². The first-order chi connectivity index (χ1) is 15.5. The number of hydrogen-bond donors (Lipinski definition) is 1. The molecule has 0 amide bonds. The molecule has 0 bridgehead atoms. The van der Waals surface area contributed by atoms with Crippen molar-refractivity contribution in [2.45, 2.75) is 32.5 Å². The molecule has 3 aromatic rings. The van der Waals surface area contributed by atoms with Crippen molar-refractivity contribution < 1.29 is 23.8 Å². The number of ether oxygens (including phenoxy) is 2. The summed E-state index contributed by atoms with van der Waals surface area (Å²) in [5.41, 5.74) is 1.80. The van der Waals surface area contributed by atoms with Gasteiger partial charge in [0.05, 0.1) is 11.8 Å². The van der Waals surface area contributed by atoms with E-state index in [4.69, 9.17) is 9.47 Å². The number of aromatic nitrogens is 3. The van der Waals surface area contributed by atoms with Gasteiger partial charge in [0.25, 0.3) is 0 Å². The third-order valence-electron chi connectivity index (χ3n) is 5.02. The van der Waals surface area contributed by atoms with Crippen molar-refractivity contribution in [3.63, 3.8) is 0 Å². The van der Waals surface area contributed by atoms with Gasteiger partial charge in [-0.25, -0.2) is 14.2 Å². The number of pyridine rings is 1. The van der Waals surface area contributed by atoms with E-state index in [1.54, 1.807) is 12.1 Å². The van der Waals surface area contributed by atoms with E-state index >= 15 is 0 Å². The fourth-order valence-electron chi connectivity index (χ4n) is 3.34. The molecule has 0 saturated heterocycles. The van der Waals surface area contributed by atoms with Crippen LogP contribution in [0.4, 0.5) is 4.39 Å². The Morgan fingerprint density at radius 3 is 2.88 bits per heavy atom. The third kappa shape index (κ3) is 4.85. The van der Waals surface area contributed by atoms with Crippen LogP contribution in [0, 0.1) is 5.82 Å². The third-order valence-corrected chi connectivity index (χ3v) is 5.02. The molecule has 32 heavy (non-hydrogen) atoms. The van der Waals surface area contributed by atoms with Crippen molar-refractivity contribution >= 4 is 5.97 Å². The Morgan fingerprint density at radius 1 is 1.22 bits per heavy atom. The number of hydrogen-bond acceptors (Lipinski definition) is 5. The second-order valence-corrected chi connectivity index (χ2v) is 7.27. The maximum Gasteiger partial charge on any atom is 0.335 e. The Kier molecular flexibility index (Phi) is 6.30. The van der Waals surface area contributed by atoms with Crippen LogP contribution >= 0.6 is 0 Å². The number of rotatable bonds is 8. The largest absolute Gasteiger partial charge is 0.486 e. The summed E-state index contributed by atoms with van der Waals surface area (Å²) >= 11 is 0. The highest BCUT2D eigenvalue weighted by molar-refractivity contribution is 5.87. The van der Waals surface area contributed by atoms with E-state index in [9.17, 15) is 14.3 Å². The highest BCUT2D eigenvalue weighted by Crippen LogP contribution is 2.26. The summed E-state index contributed by atoms with van der Waals surface area (Å²) < 4.78 is 27.3. The minimum Gasteiger partial charge on any atom is -0.486 e. The van der Waals surface area contributed by atoms with E-state index in [2.05, 4.69) is 22.2 Å². The van der Waals surface area contributed by atoms with Crippen molar-refractivity contribution in [1.29, 1.82) is 0 Å². The maximum atomic E-state index is 13.9. The molecule has 8 heteroatoms. The number of carbonyl (C=O) groups is 1. The summed E-state index contributed by atoms with van der Waals surface area (Å²) in [5.74, 6) is -0.391. The zero-order chi connectivity index (χ0) is 22.5. The Hall–Kier alpha value is -3.94. The van der Waals surface area contributed by atoms with Gasteiger partial charge in [-0.2, -0.15) is 9.78 Å². The van der Waals surface area contributed by atoms with E-state index in [0.717, 1.165) is 18.4 Å². The van der Waals surface area contributed by atoms with E-state index in [0.29, 0.717) is 23.0 Å². The summed E-state index contributed by atoms with van der Waals surface area (Å²) in [6.45, 7) is 2.02. The zero-order valence-electron chi connectivity index (χ0n) is 17.4. The molecule has 1 aromatic carbocycles. The van der Waals surface area contributed by atoms with Crippen LogP contribution in [-0.2, 0) is 6.61 Å². The minimum absolute atomic E-state index is 0.0886. The monoisotopic (exact) mass is 435 g/mol. The summed E-state index contributed by atoms with van der Waals surface area (Å²) in [7, 11) is 0. The topological polar surface area (TPSA) is 86.5 Å². The molecular weight excluding hydrogens is 413 g/mol. The quantitative estimate of drug-likeness (QED) is 0.551. The number of nitrogens with zero attached hydrogens (tertiary/aromatic N) is 3. The number of carboxylic acids is 1.